The lowest BCUT2D eigenvalue weighted by atomic mass is 10.0. The third kappa shape index (κ3) is 1.39. The van der Waals surface area contributed by atoms with Crippen LogP contribution in [0.15, 0.2) is 0 Å². The Hall–Kier alpha value is 0.250. The van der Waals surface area contributed by atoms with Gasteiger partial charge in [0.25, 0.3) is 0 Å². The summed E-state index contributed by atoms with van der Waals surface area (Å²) >= 11 is 5.99. The second-order valence-electron chi connectivity index (χ2n) is 3.67. The standard InChI is InChI=1S/C7H13ClO/c1-6(2,8)5-7(3,4)9-5/h5H,1-4H3. The van der Waals surface area contributed by atoms with E-state index in [2.05, 4.69) is 13.8 Å². The van der Waals surface area contributed by atoms with Crippen LogP contribution < -0.4 is 0 Å². The largest absolute Gasteiger partial charge is 0.365 e. The van der Waals surface area contributed by atoms with Gasteiger partial charge in [-0.15, -0.1) is 11.6 Å². The lowest BCUT2D eigenvalue weighted by Crippen LogP contribution is -2.24. The monoisotopic (exact) mass is 148 g/mol. The van der Waals surface area contributed by atoms with E-state index in [9.17, 15) is 0 Å². The predicted octanol–water partition coefficient (Wildman–Crippen LogP) is 2.18. The van der Waals surface area contributed by atoms with E-state index in [1.54, 1.807) is 0 Å². The van der Waals surface area contributed by atoms with E-state index < -0.39 is 0 Å². The Morgan fingerprint density at radius 1 is 1.44 bits per heavy atom. The van der Waals surface area contributed by atoms with Crippen molar-refractivity contribution in [3.8, 4) is 0 Å². The molecule has 9 heavy (non-hydrogen) atoms. The van der Waals surface area contributed by atoms with Gasteiger partial charge < -0.3 is 4.74 Å². The zero-order chi connectivity index (χ0) is 7.28. The average molecular weight is 149 g/mol. The molecule has 1 saturated heterocycles. The minimum absolute atomic E-state index is 0.0191. The Morgan fingerprint density at radius 2 is 1.78 bits per heavy atom. The van der Waals surface area contributed by atoms with E-state index in [1.807, 2.05) is 13.8 Å². The summed E-state index contributed by atoms with van der Waals surface area (Å²) in [6.07, 6.45) is 0.228. The fourth-order valence-corrected chi connectivity index (χ4v) is 1.54. The van der Waals surface area contributed by atoms with Gasteiger partial charge >= 0.3 is 0 Å². The summed E-state index contributed by atoms with van der Waals surface area (Å²) in [6.45, 7) is 8.07. The molecule has 0 spiro atoms. The highest BCUT2D eigenvalue weighted by atomic mass is 35.5. The molecular weight excluding hydrogens is 136 g/mol. The van der Waals surface area contributed by atoms with Gasteiger partial charge in [-0.2, -0.15) is 0 Å². The second kappa shape index (κ2) is 1.64. The molecule has 2 heteroatoms. The van der Waals surface area contributed by atoms with Crippen molar-refractivity contribution in [2.75, 3.05) is 0 Å². The first-order valence-electron chi connectivity index (χ1n) is 3.21. The number of hydrogen-bond acceptors (Lipinski definition) is 1. The van der Waals surface area contributed by atoms with Crippen molar-refractivity contribution >= 4 is 11.6 Å². The molecule has 54 valence electrons. The molecule has 1 atom stereocenters. The quantitative estimate of drug-likeness (QED) is 0.410. The molecule has 1 heterocycles. The van der Waals surface area contributed by atoms with Gasteiger partial charge in [-0.05, 0) is 27.7 Å². The van der Waals surface area contributed by atoms with Crippen molar-refractivity contribution in [1.82, 2.24) is 0 Å². The molecule has 1 aliphatic rings. The summed E-state index contributed by atoms with van der Waals surface area (Å²) in [5, 5.41) is 0. The predicted molar refractivity (Wildman–Crippen MR) is 38.9 cm³/mol. The number of halogens is 1. The Morgan fingerprint density at radius 3 is 1.78 bits per heavy atom. The molecule has 0 aliphatic carbocycles. The molecule has 1 aliphatic heterocycles. The highest BCUT2D eigenvalue weighted by Gasteiger charge is 2.55. The molecule has 0 aromatic carbocycles. The van der Waals surface area contributed by atoms with Crippen LogP contribution in [0.3, 0.4) is 0 Å². The van der Waals surface area contributed by atoms with Gasteiger partial charge in [0.2, 0.25) is 0 Å². The van der Waals surface area contributed by atoms with Crippen LogP contribution in [0, 0.1) is 0 Å². The summed E-state index contributed by atoms with van der Waals surface area (Å²) in [5.74, 6) is 0. The number of hydrogen-bond donors (Lipinski definition) is 0. The van der Waals surface area contributed by atoms with Gasteiger partial charge in [0.15, 0.2) is 0 Å². The Labute approximate surface area is 61.3 Å². The van der Waals surface area contributed by atoms with Gasteiger partial charge in [-0.25, -0.2) is 0 Å². The Kier molecular flexibility index (Phi) is 1.34. The summed E-state index contributed by atoms with van der Waals surface area (Å²) in [5.41, 5.74) is 0.0191. The van der Waals surface area contributed by atoms with Crippen molar-refractivity contribution in [3.05, 3.63) is 0 Å². The van der Waals surface area contributed by atoms with Crippen LogP contribution in [0.2, 0.25) is 0 Å². The first kappa shape index (κ1) is 7.36. The molecule has 0 aromatic rings. The van der Waals surface area contributed by atoms with E-state index in [0.29, 0.717) is 0 Å². The van der Waals surface area contributed by atoms with Gasteiger partial charge in [0.1, 0.15) is 6.10 Å². The molecular formula is C7H13ClO. The summed E-state index contributed by atoms with van der Waals surface area (Å²) in [7, 11) is 0. The zero-order valence-electron chi connectivity index (χ0n) is 6.36. The van der Waals surface area contributed by atoms with Crippen LogP contribution in [-0.2, 0) is 4.74 Å². The Bertz CT molecular complexity index is 123. The number of ether oxygens (including phenoxy) is 1. The summed E-state index contributed by atoms with van der Waals surface area (Å²) in [6, 6.07) is 0. The lowest BCUT2D eigenvalue weighted by Gasteiger charge is -2.12. The number of alkyl halides is 1. The van der Waals surface area contributed by atoms with Crippen molar-refractivity contribution < 1.29 is 4.74 Å². The van der Waals surface area contributed by atoms with Crippen molar-refractivity contribution in [3.63, 3.8) is 0 Å². The first-order chi connectivity index (χ1) is 3.84. The molecule has 0 bridgehead atoms. The normalized spacial score (nSPS) is 32.3. The maximum Gasteiger partial charge on any atom is 0.105 e. The zero-order valence-corrected chi connectivity index (χ0v) is 7.12. The van der Waals surface area contributed by atoms with Crippen LogP contribution in [0.25, 0.3) is 0 Å². The van der Waals surface area contributed by atoms with Crippen LogP contribution >= 0.6 is 11.6 Å². The number of rotatable bonds is 1. The molecule has 0 saturated carbocycles. The van der Waals surface area contributed by atoms with E-state index in [0.717, 1.165) is 0 Å². The smallest absolute Gasteiger partial charge is 0.105 e. The van der Waals surface area contributed by atoms with Crippen LogP contribution in [0.4, 0.5) is 0 Å². The van der Waals surface area contributed by atoms with Gasteiger partial charge in [-0.3, -0.25) is 0 Å². The van der Waals surface area contributed by atoms with Gasteiger partial charge in [0.05, 0.1) is 10.5 Å². The highest BCUT2D eigenvalue weighted by Crippen LogP contribution is 2.45. The fraction of sp³-hybridized carbons (Fsp3) is 1.00. The summed E-state index contributed by atoms with van der Waals surface area (Å²) in [4.78, 5) is -0.205. The highest BCUT2D eigenvalue weighted by molar-refractivity contribution is 6.24. The van der Waals surface area contributed by atoms with Crippen molar-refractivity contribution in [2.45, 2.75) is 44.3 Å². The number of epoxide rings is 1. The minimum atomic E-state index is -0.205. The fourth-order valence-electron chi connectivity index (χ4n) is 1.24. The molecule has 1 rings (SSSR count). The maximum atomic E-state index is 5.99. The molecule has 0 amide bonds. The van der Waals surface area contributed by atoms with E-state index in [4.69, 9.17) is 16.3 Å². The summed E-state index contributed by atoms with van der Waals surface area (Å²) < 4.78 is 5.34. The second-order valence-corrected chi connectivity index (χ2v) is 4.64. The van der Waals surface area contributed by atoms with E-state index in [-0.39, 0.29) is 16.6 Å². The topological polar surface area (TPSA) is 12.5 Å². The lowest BCUT2D eigenvalue weighted by molar-refractivity contribution is 0.310. The molecule has 0 aromatic heterocycles. The molecule has 1 nitrogen and oxygen atoms in total. The third-order valence-electron chi connectivity index (χ3n) is 1.62. The van der Waals surface area contributed by atoms with E-state index >= 15 is 0 Å². The third-order valence-corrected chi connectivity index (χ3v) is 1.82. The van der Waals surface area contributed by atoms with Crippen molar-refractivity contribution in [1.29, 1.82) is 0 Å². The van der Waals surface area contributed by atoms with Gasteiger partial charge in [0, 0.05) is 0 Å². The average Bonchev–Trinajstić information content (AvgIpc) is 2.10. The Balaban J connectivity index is 2.52. The first-order valence-corrected chi connectivity index (χ1v) is 3.58. The van der Waals surface area contributed by atoms with Crippen molar-refractivity contribution in [2.24, 2.45) is 0 Å². The van der Waals surface area contributed by atoms with Crippen LogP contribution in [0.1, 0.15) is 27.7 Å². The molecule has 0 N–H and O–H groups in total. The SMILES string of the molecule is CC(C)(Cl)C1OC1(C)C. The maximum absolute atomic E-state index is 5.99. The van der Waals surface area contributed by atoms with E-state index in [1.165, 1.54) is 0 Å². The molecule has 1 fully saturated rings. The van der Waals surface area contributed by atoms with Crippen LogP contribution in [0.5, 0.6) is 0 Å². The molecule has 1 unspecified atom stereocenters. The van der Waals surface area contributed by atoms with Gasteiger partial charge in [-0.1, -0.05) is 0 Å². The minimum Gasteiger partial charge on any atom is -0.365 e. The molecule has 0 radical (unpaired) electrons. The van der Waals surface area contributed by atoms with Crippen LogP contribution in [-0.4, -0.2) is 16.6 Å².